The third kappa shape index (κ3) is 6.59. The van der Waals surface area contributed by atoms with Crippen molar-refractivity contribution in [3.63, 3.8) is 0 Å². The Morgan fingerprint density at radius 1 is 0.810 bits per heavy atom. The Morgan fingerprint density at radius 3 is 1.57 bits per heavy atom. The van der Waals surface area contributed by atoms with Crippen LogP contribution < -0.4 is 0 Å². The van der Waals surface area contributed by atoms with Crippen LogP contribution in [0.15, 0.2) is 0 Å². The zero-order chi connectivity index (χ0) is 16.1. The largest absolute Gasteiger partial charge is 0.394 e. The maximum Gasteiger partial charge on any atom is 0.133 e. The number of thiol groups is 2. The first-order chi connectivity index (χ1) is 10.2. The molecule has 0 aliphatic rings. The summed E-state index contributed by atoms with van der Waals surface area (Å²) >= 11 is 8.32. The summed E-state index contributed by atoms with van der Waals surface area (Å²) in [5.74, 6) is 0.528. The summed E-state index contributed by atoms with van der Waals surface area (Å²) in [6.45, 7) is -0.980. The summed E-state index contributed by atoms with van der Waals surface area (Å²) in [5, 5.41) is 36.9. The molecule has 0 fully saturated rings. The van der Waals surface area contributed by atoms with Crippen LogP contribution in [0.4, 0.5) is 0 Å². The smallest absolute Gasteiger partial charge is 0.133 e. The SMILES string of the molecule is OCCOC(CO)C(CS)(OCCS)C(CO)OCCO. The van der Waals surface area contributed by atoms with Crippen molar-refractivity contribution in [2.45, 2.75) is 17.8 Å². The topological polar surface area (TPSA) is 109 Å². The van der Waals surface area contributed by atoms with Crippen LogP contribution in [0.2, 0.25) is 0 Å². The molecule has 9 heteroatoms. The molecular weight excluding hydrogens is 320 g/mol. The average Bonchev–Trinajstić information content (AvgIpc) is 2.52. The lowest BCUT2D eigenvalue weighted by molar-refractivity contribution is -0.214. The number of rotatable bonds is 14. The molecule has 0 heterocycles. The maximum atomic E-state index is 9.56. The fraction of sp³-hybridized carbons (Fsp3) is 1.00. The van der Waals surface area contributed by atoms with Crippen LogP contribution in [0.25, 0.3) is 0 Å². The van der Waals surface area contributed by atoms with Crippen molar-refractivity contribution >= 4 is 25.3 Å². The van der Waals surface area contributed by atoms with E-state index in [1.165, 1.54) is 0 Å². The summed E-state index contributed by atoms with van der Waals surface area (Å²) in [7, 11) is 0. The Bertz CT molecular complexity index is 230. The van der Waals surface area contributed by atoms with Gasteiger partial charge in [0.2, 0.25) is 0 Å². The first kappa shape index (κ1) is 21.4. The van der Waals surface area contributed by atoms with Crippen molar-refractivity contribution in [1.82, 2.24) is 0 Å². The molecule has 0 bridgehead atoms. The number of ether oxygens (including phenoxy) is 3. The molecule has 0 radical (unpaired) electrons. The highest BCUT2D eigenvalue weighted by Gasteiger charge is 2.47. The summed E-state index contributed by atoms with van der Waals surface area (Å²) in [5.41, 5.74) is -1.22. The third-order valence-electron chi connectivity index (χ3n) is 2.95. The van der Waals surface area contributed by atoms with Gasteiger partial charge in [0.25, 0.3) is 0 Å². The summed E-state index contributed by atoms with van der Waals surface area (Å²) in [6, 6.07) is 0. The minimum absolute atomic E-state index is 0.00311. The molecule has 0 aliphatic carbocycles. The lowest BCUT2D eigenvalue weighted by Gasteiger charge is -2.43. The average molecular weight is 346 g/mol. The van der Waals surface area contributed by atoms with Gasteiger partial charge in [0.1, 0.15) is 17.8 Å². The quantitative estimate of drug-likeness (QED) is 0.209. The molecule has 0 spiro atoms. The number of aliphatic hydroxyl groups is 4. The molecule has 0 aliphatic heterocycles. The fourth-order valence-electron chi connectivity index (χ4n) is 1.96. The van der Waals surface area contributed by atoms with Crippen molar-refractivity contribution < 1.29 is 34.6 Å². The Hall–Kier alpha value is 0.420. The normalized spacial score (nSPS) is 17.4. The second-order valence-corrected chi connectivity index (χ2v) is 4.98. The molecule has 0 aromatic carbocycles. The molecule has 2 atom stereocenters. The molecule has 0 amide bonds. The van der Waals surface area contributed by atoms with Crippen LogP contribution in [0.5, 0.6) is 0 Å². The first-order valence-electron chi connectivity index (χ1n) is 6.69. The van der Waals surface area contributed by atoms with Gasteiger partial charge in [-0.1, -0.05) is 0 Å². The highest BCUT2D eigenvalue weighted by atomic mass is 32.1. The van der Waals surface area contributed by atoms with Gasteiger partial charge in [-0.25, -0.2) is 0 Å². The minimum Gasteiger partial charge on any atom is -0.394 e. The van der Waals surface area contributed by atoms with Crippen LogP contribution in [-0.2, 0) is 14.2 Å². The molecule has 4 N–H and O–H groups in total. The molecule has 128 valence electrons. The van der Waals surface area contributed by atoms with Crippen molar-refractivity contribution in [2.24, 2.45) is 0 Å². The highest BCUT2D eigenvalue weighted by Crippen LogP contribution is 2.28. The zero-order valence-electron chi connectivity index (χ0n) is 11.9. The van der Waals surface area contributed by atoms with Crippen molar-refractivity contribution in [1.29, 1.82) is 0 Å². The monoisotopic (exact) mass is 346 g/mol. The molecule has 0 saturated carbocycles. The van der Waals surface area contributed by atoms with E-state index in [1.54, 1.807) is 0 Å². The molecule has 0 aromatic rings. The standard InChI is InChI=1S/C12H26O7S2/c13-1-3-17-10(7-15)12(9-21,19-5-6-20)11(8-16)18-4-2-14/h10-11,13-16,20-21H,1-9H2. The second kappa shape index (κ2) is 12.9. The van der Waals surface area contributed by atoms with Gasteiger partial charge in [0.05, 0.1) is 46.2 Å². The third-order valence-corrected chi connectivity index (χ3v) is 3.63. The van der Waals surface area contributed by atoms with Gasteiger partial charge in [-0.15, -0.1) is 0 Å². The molecule has 2 unspecified atom stereocenters. The van der Waals surface area contributed by atoms with E-state index in [1.807, 2.05) is 0 Å². The van der Waals surface area contributed by atoms with E-state index in [0.717, 1.165) is 0 Å². The van der Waals surface area contributed by atoms with E-state index in [4.69, 9.17) is 24.4 Å². The first-order valence-corrected chi connectivity index (χ1v) is 7.95. The van der Waals surface area contributed by atoms with Crippen molar-refractivity contribution in [3.05, 3.63) is 0 Å². The van der Waals surface area contributed by atoms with Gasteiger partial charge >= 0.3 is 0 Å². The molecular formula is C12H26O7S2. The minimum atomic E-state index is -1.22. The Morgan fingerprint density at radius 2 is 1.29 bits per heavy atom. The molecule has 0 saturated heterocycles. The predicted molar refractivity (Wildman–Crippen MR) is 84.2 cm³/mol. The van der Waals surface area contributed by atoms with Crippen LogP contribution >= 0.6 is 25.3 Å². The second-order valence-electron chi connectivity index (χ2n) is 4.22. The van der Waals surface area contributed by atoms with Gasteiger partial charge in [0, 0.05) is 11.5 Å². The maximum absolute atomic E-state index is 9.56. The van der Waals surface area contributed by atoms with Gasteiger partial charge in [-0.05, 0) is 0 Å². The molecule has 0 rings (SSSR count). The predicted octanol–water partition coefficient (Wildman–Crippen LogP) is -1.66. The Balaban J connectivity index is 5.24. The van der Waals surface area contributed by atoms with Gasteiger partial charge < -0.3 is 34.6 Å². The van der Waals surface area contributed by atoms with E-state index >= 15 is 0 Å². The van der Waals surface area contributed by atoms with Gasteiger partial charge in [0.15, 0.2) is 0 Å². The van der Waals surface area contributed by atoms with E-state index in [-0.39, 0.29) is 38.8 Å². The van der Waals surface area contributed by atoms with E-state index < -0.39 is 31.0 Å². The number of hydrogen-bond acceptors (Lipinski definition) is 9. The van der Waals surface area contributed by atoms with E-state index in [0.29, 0.717) is 5.75 Å². The molecule has 0 aromatic heterocycles. The lowest BCUT2D eigenvalue weighted by Crippen LogP contribution is -2.61. The van der Waals surface area contributed by atoms with Crippen LogP contribution in [0, 0.1) is 0 Å². The summed E-state index contributed by atoms with van der Waals surface area (Å²) in [4.78, 5) is 0. The van der Waals surface area contributed by atoms with Crippen molar-refractivity contribution in [2.75, 3.05) is 57.8 Å². The van der Waals surface area contributed by atoms with Crippen LogP contribution in [0.1, 0.15) is 0 Å². The fourth-order valence-corrected chi connectivity index (χ4v) is 2.55. The zero-order valence-corrected chi connectivity index (χ0v) is 13.7. The lowest BCUT2D eigenvalue weighted by atomic mass is 9.91. The van der Waals surface area contributed by atoms with Gasteiger partial charge in [-0.2, -0.15) is 25.3 Å². The number of aliphatic hydroxyl groups excluding tert-OH is 4. The summed E-state index contributed by atoms with van der Waals surface area (Å²) in [6.07, 6.45) is -1.70. The van der Waals surface area contributed by atoms with Gasteiger partial charge in [-0.3, -0.25) is 0 Å². The van der Waals surface area contributed by atoms with Crippen molar-refractivity contribution in [3.8, 4) is 0 Å². The Kier molecular flexibility index (Phi) is 13.2. The Labute approximate surface area is 136 Å². The number of hydrogen-bond donors (Lipinski definition) is 6. The van der Waals surface area contributed by atoms with Crippen LogP contribution in [0.3, 0.4) is 0 Å². The summed E-state index contributed by atoms with van der Waals surface area (Å²) < 4.78 is 16.6. The van der Waals surface area contributed by atoms with Crippen LogP contribution in [-0.4, -0.2) is 96.0 Å². The van der Waals surface area contributed by atoms with E-state index in [2.05, 4.69) is 25.3 Å². The molecule has 21 heavy (non-hydrogen) atoms. The molecule has 7 nitrogen and oxygen atoms in total. The van der Waals surface area contributed by atoms with E-state index in [9.17, 15) is 10.2 Å². The highest BCUT2D eigenvalue weighted by molar-refractivity contribution is 7.80.